The van der Waals surface area contributed by atoms with E-state index in [2.05, 4.69) is 41.4 Å². The monoisotopic (exact) mass is 267 g/mol. The lowest BCUT2D eigenvalue weighted by molar-refractivity contribution is 0.168. The molecule has 1 aromatic rings. The summed E-state index contributed by atoms with van der Waals surface area (Å²) in [5.74, 6) is 0.828. The normalized spacial score (nSPS) is 20.2. The molecule has 1 N–H and O–H groups in total. The summed E-state index contributed by atoms with van der Waals surface area (Å²) in [5.41, 5.74) is 1.14. The molecular weight excluding hydrogens is 242 g/mol. The molecule has 0 aromatic carbocycles. The van der Waals surface area contributed by atoms with Crippen LogP contribution >= 0.6 is 11.3 Å². The third-order valence-corrected chi connectivity index (χ3v) is 5.00. The molecule has 0 bridgehead atoms. The molecule has 0 aliphatic carbocycles. The zero-order chi connectivity index (χ0) is 13.0. The van der Waals surface area contributed by atoms with Gasteiger partial charge in [0.1, 0.15) is 5.01 Å². The topological polar surface area (TPSA) is 28.2 Å². The number of rotatable bonds is 5. The lowest BCUT2D eigenvalue weighted by Crippen LogP contribution is -2.41. The van der Waals surface area contributed by atoms with Crippen LogP contribution in [-0.4, -0.2) is 35.6 Å². The van der Waals surface area contributed by atoms with E-state index >= 15 is 0 Å². The molecule has 1 aliphatic heterocycles. The molecule has 0 saturated carbocycles. The van der Waals surface area contributed by atoms with E-state index in [4.69, 9.17) is 0 Å². The summed E-state index contributed by atoms with van der Waals surface area (Å²) in [4.78, 5) is 7.05. The summed E-state index contributed by atoms with van der Waals surface area (Å²) in [6, 6.07) is 0.605. The van der Waals surface area contributed by atoms with Crippen molar-refractivity contribution >= 4 is 11.3 Å². The lowest BCUT2D eigenvalue weighted by Gasteiger charge is -2.34. The molecule has 1 aromatic heterocycles. The number of aromatic nitrogens is 1. The molecule has 1 aliphatic rings. The Balaban J connectivity index is 1.73. The van der Waals surface area contributed by atoms with E-state index in [1.807, 2.05) is 0 Å². The summed E-state index contributed by atoms with van der Waals surface area (Å²) < 4.78 is 0. The fourth-order valence-electron chi connectivity index (χ4n) is 2.67. The number of nitrogens with one attached hydrogen (secondary N) is 1. The number of thiazole rings is 1. The Labute approximate surface area is 115 Å². The smallest absolute Gasteiger partial charge is 0.107 e. The molecule has 0 spiro atoms. The predicted molar refractivity (Wildman–Crippen MR) is 78.0 cm³/mol. The molecule has 1 unspecified atom stereocenters. The van der Waals surface area contributed by atoms with Crippen molar-refractivity contribution in [3.05, 3.63) is 16.1 Å². The number of likely N-dealkylation sites (tertiary alicyclic amines) is 1. The van der Waals surface area contributed by atoms with Gasteiger partial charge in [-0.25, -0.2) is 4.98 Å². The van der Waals surface area contributed by atoms with E-state index in [0.29, 0.717) is 6.04 Å². The molecule has 1 atom stereocenters. The van der Waals surface area contributed by atoms with E-state index in [1.54, 1.807) is 11.3 Å². The van der Waals surface area contributed by atoms with Crippen molar-refractivity contribution in [2.45, 2.75) is 46.2 Å². The van der Waals surface area contributed by atoms with Gasteiger partial charge in [-0.3, -0.25) is 0 Å². The standard InChI is InChI=1S/C14H25N3S/c1-4-17-7-5-13(6-8-17)12(3)15-9-14-16-11(2)10-18-14/h10,12-13,15H,4-9H2,1-3H3. The maximum absolute atomic E-state index is 4.50. The van der Waals surface area contributed by atoms with E-state index in [0.717, 1.165) is 18.2 Å². The SMILES string of the molecule is CCN1CCC(C(C)NCc2nc(C)cs2)CC1. The molecule has 3 nitrogen and oxygen atoms in total. The summed E-state index contributed by atoms with van der Waals surface area (Å²) in [7, 11) is 0. The van der Waals surface area contributed by atoms with Gasteiger partial charge in [0.25, 0.3) is 0 Å². The Hall–Kier alpha value is -0.450. The van der Waals surface area contributed by atoms with Crippen molar-refractivity contribution in [2.24, 2.45) is 5.92 Å². The fraction of sp³-hybridized carbons (Fsp3) is 0.786. The number of hydrogen-bond acceptors (Lipinski definition) is 4. The Morgan fingerprint density at radius 3 is 2.78 bits per heavy atom. The Kier molecular flexibility index (Phi) is 5.15. The number of piperidine rings is 1. The van der Waals surface area contributed by atoms with Crippen molar-refractivity contribution in [3.63, 3.8) is 0 Å². The third kappa shape index (κ3) is 3.77. The van der Waals surface area contributed by atoms with Crippen LogP contribution in [0, 0.1) is 12.8 Å². The van der Waals surface area contributed by atoms with Gasteiger partial charge in [-0.05, 0) is 52.2 Å². The van der Waals surface area contributed by atoms with Gasteiger partial charge in [0.05, 0.1) is 0 Å². The molecule has 2 heterocycles. The average Bonchev–Trinajstić information content (AvgIpc) is 2.82. The number of aryl methyl sites for hydroxylation is 1. The maximum Gasteiger partial charge on any atom is 0.107 e. The zero-order valence-corrected chi connectivity index (χ0v) is 12.6. The van der Waals surface area contributed by atoms with E-state index in [9.17, 15) is 0 Å². The first-order valence-electron chi connectivity index (χ1n) is 7.05. The Morgan fingerprint density at radius 2 is 2.22 bits per heavy atom. The molecule has 1 saturated heterocycles. The second-order valence-electron chi connectivity index (χ2n) is 5.32. The number of nitrogens with zero attached hydrogens (tertiary/aromatic N) is 2. The molecule has 2 rings (SSSR count). The van der Waals surface area contributed by atoms with Gasteiger partial charge in [-0.2, -0.15) is 0 Å². The van der Waals surface area contributed by atoms with Crippen LogP contribution in [0.3, 0.4) is 0 Å². The summed E-state index contributed by atoms with van der Waals surface area (Å²) in [6.07, 6.45) is 2.66. The molecule has 102 valence electrons. The minimum absolute atomic E-state index is 0.605. The summed E-state index contributed by atoms with van der Waals surface area (Å²) in [6.45, 7) is 11.3. The van der Waals surface area contributed by atoms with E-state index < -0.39 is 0 Å². The van der Waals surface area contributed by atoms with Crippen molar-refractivity contribution in [3.8, 4) is 0 Å². The van der Waals surface area contributed by atoms with Crippen LogP contribution in [0.2, 0.25) is 0 Å². The minimum Gasteiger partial charge on any atom is -0.308 e. The Morgan fingerprint density at radius 1 is 1.50 bits per heavy atom. The van der Waals surface area contributed by atoms with Gasteiger partial charge >= 0.3 is 0 Å². The molecule has 18 heavy (non-hydrogen) atoms. The van der Waals surface area contributed by atoms with Gasteiger partial charge in [-0.1, -0.05) is 6.92 Å². The van der Waals surface area contributed by atoms with Crippen molar-refractivity contribution in [1.82, 2.24) is 15.2 Å². The summed E-state index contributed by atoms with van der Waals surface area (Å²) in [5, 5.41) is 6.98. The third-order valence-electron chi connectivity index (χ3n) is 4.03. The molecule has 1 fully saturated rings. The molecule has 0 amide bonds. The first-order valence-corrected chi connectivity index (χ1v) is 7.93. The first-order chi connectivity index (χ1) is 8.69. The van der Waals surface area contributed by atoms with Crippen LogP contribution in [0.25, 0.3) is 0 Å². The largest absolute Gasteiger partial charge is 0.308 e. The first kappa shape index (κ1) is 14.0. The minimum atomic E-state index is 0.605. The van der Waals surface area contributed by atoms with Crippen LogP contribution in [0.1, 0.15) is 37.4 Å². The maximum atomic E-state index is 4.50. The van der Waals surface area contributed by atoms with Gasteiger partial charge in [-0.15, -0.1) is 11.3 Å². The van der Waals surface area contributed by atoms with Crippen LogP contribution in [0.5, 0.6) is 0 Å². The van der Waals surface area contributed by atoms with Gasteiger partial charge in [0.2, 0.25) is 0 Å². The zero-order valence-electron chi connectivity index (χ0n) is 11.8. The molecule has 4 heteroatoms. The summed E-state index contributed by atoms with van der Waals surface area (Å²) >= 11 is 1.76. The second-order valence-corrected chi connectivity index (χ2v) is 6.27. The quantitative estimate of drug-likeness (QED) is 0.889. The molecule has 0 radical (unpaired) electrons. The highest BCUT2D eigenvalue weighted by Crippen LogP contribution is 2.20. The highest BCUT2D eigenvalue weighted by molar-refractivity contribution is 7.09. The van der Waals surface area contributed by atoms with Crippen LogP contribution < -0.4 is 5.32 Å². The highest BCUT2D eigenvalue weighted by atomic mass is 32.1. The van der Waals surface area contributed by atoms with E-state index in [-0.39, 0.29) is 0 Å². The fourth-order valence-corrected chi connectivity index (χ4v) is 3.39. The van der Waals surface area contributed by atoms with Gasteiger partial charge in [0, 0.05) is 23.7 Å². The van der Waals surface area contributed by atoms with Crippen molar-refractivity contribution in [2.75, 3.05) is 19.6 Å². The lowest BCUT2D eigenvalue weighted by atomic mass is 9.90. The number of hydrogen-bond donors (Lipinski definition) is 1. The van der Waals surface area contributed by atoms with E-state index in [1.165, 1.54) is 37.5 Å². The highest BCUT2D eigenvalue weighted by Gasteiger charge is 2.22. The van der Waals surface area contributed by atoms with Crippen molar-refractivity contribution in [1.29, 1.82) is 0 Å². The second kappa shape index (κ2) is 6.64. The van der Waals surface area contributed by atoms with Crippen LogP contribution in [0.4, 0.5) is 0 Å². The molecular formula is C14H25N3S. The van der Waals surface area contributed by atoms with Crippen molar-refractivity contribution < 1.29 is 0 Å². The average molecular weight is 267 g/mol. The Bertz CT molecular complexity index is 356. The van der Waals surface area contributed by atoms with Gasteiger partial charge in [0.15, 0.2) is 0 Å². The van der Waals surface area contributed by atoms with Crippen LogP contribution in [0.15, 0.2) is 5.38 Å². The predicted octanol–water partition coefficient (Wildman–Crippen LogP) is 2.66. The van der Waals surface area contributed by atoms with Gasteiger partial charge < -0.3 is 10.2 Å². The van der Waals surface area contributed by atoms with Crippen LogP contribution in [-0.2, 0) is 6.54 Å².